The molecule has 0 bridgehead atoms. The lowest BCUT2D eigenvalue weighted by Crippen LogP contribution is -2.31. The Labute approximate surface area is 136 Å². The number of methoxy groups -OCH3 is 1. The smallest absolute Gasteiger partial charge is 0.387 e. The number of nitrogens with one attached hydrogen (secondary N) is 1. The second-order valence-electron chi connectivity index (χ2n) is 5.01. The summed E-state index contributed by atoms with van der Waals surface area (Å²) in [5.41, 5.74) is 0.469. The Hall–Kier alpha value is -0.590. The molecule has 118 valence electrons. The first kappa shape index (κ1) is 16.8. The predicted molar refractivity (Wildman–Crippen MR) is 82.5 cm³/mol. The second kappa shape index (κ2) is 7.61. The van der Waals surface area contributed by atoms with Crippen molar-refractivity contribution in [1.29, 1.82) is 0 Å². The van der Waals surface area contributed by atoms with Crippen LogP contribution in [0, 0.1) is 0 Å². The molecule has 0 aromatic heterocycles. The predicted octanol–water partition coefficient (Wildman–Crippen LogP) is 5.07. The van der Waals surface area contributed by atoms with Crippen LogP contribution < -0.4 is 10.1 Å². The first-order chi connectivity index (χ1) is 9.99. The van der Waals surface area contributed by atoms with Gasteiger partial charge in [-0.3, -0.25) is 0 Å². The van der Waals surface area contributed by atoms with Crippen LogP contribution >= 0.6 is 27.5 Å². The lowest BCUT2D eigenvalue weighted by molar-refractivity contribution is -0.0499. The molecule has 0 saturated heterocycles. The molecular weight excluding hydrogens is 368 g/mol. The number of alkyl halides is 2. The standard InChI is InChI=1S/C14H17BrClF2NO2/c1-20-10-4-2-3-9(7-10)19-12-6-8(16)5-11(15)13(12)21-14(17)18/h5-6,9-10,14,19H,2-4,7H2,1H3. The van der Waals surface area contributed by atoms with Crippen molar-refractivity contribution in [3.63, 3.8) is 0 Å². The summed E-state index contributed by atoms with van der Waals surface area (Å²) >= 11 is 9.20. The minimum absolute atomic E-state index is 0.0777. The van der Waals surface area contributed by atoms with Crippen molar-refractivity contribution in [2.45, 2.75) is 44.4 Å². The maximum atomic E-state index is 12.6. The van der Waals surface area contributed by atoms with E-state index in [1.165, 1.54) is 6.07 Å². The molecule has 1 aromatic carbocycles. The SMILES string of the molecule is COC1CCCC(Nc2cc(Cl)cc(Br)c2OC(F)F)C1. The number of halogens is 4. The molecule has 1 aliphatic rings. The molecule has 1 fully saturated rings. The molecule has 7 heteroatoms. The van der Waals surface area contributed by atoms with E-state index in [-0.39, 0.29) is 17.9 Å². The highest BCUT2D eigenvalue weighted by molar-refractivity contribution is 9.10. The van der Waals surface area contributed by atoms with Gasteiger partial charge in [0, 0.05) is 18.2 Å². The minimum Gasteiger partial charge on any atom is -0.431 e. The third-order valence-electron chi connectivity index (χ3n) is 3.53. The molecule has 1 aromatic rings. The van der Waals surface area contributed by atoms with Gasteiger partial charge in [-0.25, -0.2) is 0 Å². The summed E-state index contributed by atoms with van der Waals surface area (Å²) in [5.74, 6) is 0.0777. The Kier molecular flexibility index (Phi) is 6.08. The van der Waals surface area contributed by atoms with Gasteiger partial charge in [-0.2, -0.15) is 8.78 Å². The number of benzene rings is 1. The lowest BCUT2D eigenvalue weighted by atomic mass is 9.92. The third-order valence-corrected chi connectivity index (χ3v) is 4.34. The van der Waals surface area contributed by atoms with Gasteiger partial charge in [0.2, 0.25) is 0 Å². The van der Waals surface area contributed by atoms with Crippen molar-refractivity contribution in [3.8, 4) is 5.75 Å². The fraction of sp³-hybridized carbons (Fsp3) is 0.571. The van der Waals surface area contributed by atoms with E-state index in [2.05, 4.69) is 26.0 Å². The van der Waals surface area contributed by atoms with E-state index < -0.39 is 6.61 Å². The van der Waals surface area contributed by atoms with E-state index in [1.807, 2.05) is 0 Å². The number of ether oxygens (including phenoxy) is 2. The van der Waals surface area contributed by atoms with Gasteiger partial charge < -0.3 is 14.8 Å². The molecule has 21 heavy (non-hydrogen) atoms. The molecule has 0 heterocycles. The monoisotopic (exact) mass is 383 g/mol. The van der Waals surface area contributed by atoms with E-state index in [9.17, 15) is 8.78 Å². The highest BCUT2D eigenvalue weighted by Gasteiger charge is 2.24. The van der Waals surface area contributed by atoms with Crippen molar-refractivity contribution in [2.24, 2.45) is 0 Å². The Morgan fingerprint density at radius 1 is 1.38 bits per heavy atom. The number of hydrogen-bond donors (Lipinski definition) is 1. The summed E-state index contributed by atoms with van der Waals surface area (Å²) in [7, 11) is 1.69. The van der Waals surface area contributed by atoms with Crippen molar-refractivity contribution in [3.05, 3.63) is 21.6 Å². The summed E-state index contributed by atoms with van der Waals surface area (Å²) in [4.78, 5) is 0. The maximum Gasteiger partial charge on any atom is 0.387 e. The van der Waals surface area contributed by atoms with Gasteiger partial charge >= 0.3 is 6.61 Å². The van der Waals surface area contributed by atoms with E-state index in [0.717, 1.165) is 25.7 Å². The van der Waals surface area contributed by atoms with E-state index in [4.69, 9.17) is 16.3 Å². The van der Waals surface area contributed by atoms with Crippen LogP contribution in [0.15, 0.2) is 16.6 Å². The molecule has 3 nitrogen and oxygen atoms in total. The zero-order chi connectivity index (χ0) is 15.4. The summed E-state index contributed by atoms with van der Waals surface area (Å²) in [6.45, 7) is -2.89. The summed E-state index contributed by atoms with van der Waals surface area (Å²) < 4.78 is 35.5. The highest BCUT2D eigenvalue weighted by atomic mass is 79.9. The summed E-state index contributed by atoms with van der Waals surface area (Å²) in [6.07, 6.45) is 4.03. The molecule has 1 N–H and O–H groups in total. The van der Waals surface area contributed by atoms with Gasteiger partial charge in [-0.1, -0.05) is 11.6 Å². The minimum atomic E-state index is -2.89. The largest absolute Gasteiger partial charge is 0.431 e. The van der Waals surface area contributed by atoms with Gasteiger partial charge in [0.25, 0.3) is 0 Å². The molecule has 2 atom stereocenters. The van der Waals surface area contributed by atoms with E-state index in [0.29, 0.717) is 15.2 Å². The van der Waals surface area contributed by atoms with Crippen LogP contribution in [0.3, 0.4) is 0 Å². The summed E-state index contributed by atoms with van der Waals surface area (Å²) in [6, 6.07) is 3.28. The average Bonchev–Trinajstić information content (AvgIpc) is 2.42. The highest BCUT2D eigenvalue weighted by Crippen LogP contribution is 2.39. The van der Waals surface area contributed by atoms with Gasteiger partial charge in [0.1, 0.15) is 0 Å². The van der Waals surface area contributed by atoms with Crippen LogP contribution in [0.1, 0.15) is 25.7 Å². The van der Waals surface area contributed by atoms with Crippen LogP contribution in [0.2, 0.25) is 5.02 Å². The Bertz CT molecular complexity index is 490. The summed E-state index contributed by atoms with van der Waals surface area (Å²) in [5, 5.41) is 3.70. The van der Waals surface area contributed by atoms with Gasteiger partial charge in [-0.15, -0.1) is 0 Å². The van der Waals surface area contributed by atoms with Crippen LogP contribution in [0.25, 0.3) is 0 Å². The Balaban J connectivity index is 2.17. The second-order valence-corrected chi connectivity index (χ2v) is 6.30. The fourth-order valence-corrected chi connectivity index (χ4v) is 3.49. The van der Waals surface area contributed by atoms with Crippen LogP contribution in [0.4, 0.5) is 14.5 Å². The molecule has 0 spiro atoms. The molecule has 0 radical (unpaired) electrons. The van der Waals surface area contributed by atoms with Gasteiger partial charge in [0.15, 0.2) is 5.75 Å². The van der Waals surface area contributed by atoms with Crippen LogP contribution in [-0.2, 0) is 4.74 Å². The van der Waals surface area contributed by atoms with Crippen molar-refractivity contribution in [1.82, 2.24) is 0 Å². The quantitative estimate of drug-likeness (QED) is 0.768. The fourth-order valence-electron chi connectivity index (χ4n) is 2.59. The molecule has 1 saturated carbocycles. The third kappa shape index (κ3) is 4.69. The lowest BCUT2D eigenvalue weighted by Gasteiger charge is -2.30. The van der Waals surface area contributed by atoms with Gasteiger partial charge in [0.05, 0.1) is 16.3 Å². The van der Waals surface area contributed by atoms with Crippen molar-refractivity contribution >= 4 is 33.2 Å². The van der Waals surface area contributed by atoms with Crippen LogP contribution in [0.5, 0.6) is 5.75 Å². The average molecular weight is 385 g/mol. The Morgan fingerprint density at radius 3 is 2.81 bits per heavy atom. The molecule has 0 amide bonds. The van der Waals surface area contributed by atoms with Crippen molar-refractivity contribution < 1.29 is 18.3 Å². The zero-order valence-corrected chi connectivity index (χ0v) is 13.9. The molecule has 1 aliphatic carbocycles. The normalized spacial score (nSPS) is 22.4. The van der Waals surface area contributed by atoms with Gasteiger partial charge in [-0.05, 0) is 53.7 Å². The first-order valence-corrected chi connectivity index (χ1v) is 7.90. The molecular formula is C14H17BrClF2NO2. The topological polar surface area (TPSA) is 30.5 Å². The number of anilines is 1. The molecule has 0 aliphatic heterocycles. The molecule has 2 rings (SSSR count). The van der Waals surface area contributed by atoms with E-state index in [1.54, 1.807) is 13.2 Å². The van der Waals surface area contributed by atoms with E-state index >= 15 is 0 Å². The maximum absolute atomic E-state index is 12.6. The zero-order valence-electron chi connectivity index (χ0n) is 11.5. The Morgan fingerprint density at radius 2 is 2.14 bits per heavy atom. The number of rotatable bonds is 5. The van der Waals surface area contributed by atoms with Crippen molar-refractivity contribution in [2.75, 3.05) is 12.4 Å². The first-order valence-electron chi connectivity index (χ1n) is 6.72. The van der Waals surface area contributed by atoms with Crippen LogP contribution in [-0.4, -0.2) is 25.9 Å². The molecule has 2 unspecified atom stereocenters. The number of hydrogen-bond acceptors (Lipinski definition) is 3.